The van der Waals surface area contributed by atoms with Gasteiger partial charge in [-0.05, 0) is 29.5 Å². The highest BCUT2D eigenvalue weighted by Gasteiger charge is 2.23. The zero-order valence-corrected chi connectivity index (χ0v) is 12.2. The number of alkyl halides is 2. The van der Waals surface area contributed by atoms with Crippen molar-refractivity contribution in [1.82, 2.24) is 0 Å². The van der Waals surface area contributed by atoms with Crippen molar-refractivity contribution in [2.75, 3.05) is 11.8 Å². The molecule has 1 rings (SSSR count). The average molecular weight is 330 g/mol. The van der Waals surface area contributed by atoms with Gasteiger partial charge in [0.1, 0.15) is 0 Å². The van der Waals surface area contributed by atoms with Crippen LogP contribution in [0.1, 0.15) is 12.5 Å². The van der Waals surface area contributed by atoms with E-state index >= 15 is 0 Å². The molecule has 0 N–H and O–H groups in total. The summed E-state index contributed by atoms with van der Waals surface area (Å²) in [5.41, 5.74) is 0.990. The Bertz CT molecular complexity index is 335. The maximum Gasteiger partial charge on any atom is 0.0449 e. The highest BCUT2D eigenvalue weighted by molar-refractivity contribution is 9.10. The van der Waals surface area contributed by atoms with Crippen LogP contribution in [0.2, 0.25) is 5.02 Å². The van der Waals surface area contributed by atoms with Crippen LogP contribution in [0.4, 0.5) is 0 Å². The molecule has 0 aliphatic carbocycles. The zero-order valence-electron chi connectivity index (χ0n) is 8.37. The van der Waals surface area contributed by atoms with Gasteiger partial charge in [-0.15, -0.1) is 23.2 Å². The van der Waals surface area contributed by atoms with Gasteiger partial charge in [0.05, 0.1) is 0 Å². The summed E-state index contributed by atoms with van der Waals surface area (Å²) in [4.78, 5) is 0. The number of hydrogen-bond acceptors (Lipinski definition) is 0. The molecular weight excluding hydrogens is 318 g/mol. The van der Waals surface area contributed by atoms with Crippen molar-refractivity contribution in [3.63, 3.8) is 0 Å². The van der Waals surface area contributed by atoms with Gasteiger partial charge in [-0.1, -0.05) is 40.5 Å². The quantitative estimate of drug-likeness (QED) is 0.672. The molecule has 0 heterocycles. The molecule has 0 unspecified atom stereocenters. The van der Waals surface area contributed by atoms with Crippen molar-refractivity contribution < 1.29 is 0 Å². The van der Waals surface area contributed by atoms with E-state index in [2.05, 4.69) is 22.9 Å². The Hall–Kier alpha value is 0.570. The fourth-order valence-electron chi connectivity index (χ4n) is 1.26. The molecular formula is C11H12BrCl3. The second-order valence-corrected chi connectivity index (χ2v) is 5.85. The van der Waals surface area contributed by atoms with Crippen LogP contribution >= 0.6 is 50.7 Å². The standard InChI is InChI=1S/C11H12BrCl3/c1-11(6-13,7-14)5-8-2-3-9(12)4-10(8)15/h2-4H,5-7H2,1H3. The lowest BCUT2D eigenvalue weighted by molar-refractivity contribution is 0.425. The average Bonchev–Trinajstić information content (AvgIpc) is 2.22. The molecule has 0 saturated heterocycles. The number of rotatable bonds is 4. The van der Waals surface area contributed by atoms with Crippen LogP contribution in [0.5, 0.6) is 0 Å². The fraction of sp³-hybridized carbons (Fsp3) is 0.455. The van der Waals surface area contributed by atoms with Gasteiger partial charge in [-0.3, -0.25) is 0 Å². The molecule has 0 bridgehead atoms. The molecule has 0 saturated carbocycles. The van der Waals surface area contributed by atoms with E-state index in [1.807, 2.05) is 18.2 Å². The van der Waals surface area contributed by atoms with Crippen molar-refractivity contribution in [1.29, 1.82) is 0 Å². The number of hydrogen-bond donors (Lipinski definition) is 0. The Morgan fingerprint density at radius 3 is 2.33 bits per heavy atom. The maximum absolute atomic E-state index is 6.13. The van der Waals surface area contributed by atoms with E-state index in [1.165, 1.54) is 0 Å². The first-order valence-corrected chi connectivity index (χ1v) is 6.80. The smallest absolute Gasteiger partial charge is 0.0449 e. The van der Waals surface area contributed by atoms with Crippen LogP contribution in [-0.2, 0) is 6.42 Å². The molecule has 0 aliphatic rings. The van der Waals surface area contributed by atoms with Gasteiger partial charge in [0, 0.05) is 21.3 Å². The van der Waals surface area contributed by atoms with Crippen molar-refractivity contribution >= 4 is 50.7 Å². The summed E-state index contributed by atoms with van der Waals surface area (Å²) in [6.45, 7) is 2.06. The molecule has 0 spiro atoms. The van der Waals surface area contributed by atoms with Gasteiger partial charge in [0.2, 0.25) is 0 Å². The molecule has 4 heteroatoms. The summed E-state index contributed by atoms with van der Waals surface area (Å²) in [5, 5.41) is 0.755. The summed E-state index contributed by atoms with van der Waals surface area (Å²) < 4.78 is 0.981. The SMILES string of the molecule is CC(CCl)(CCl)Cc1ccc(Br)cc1Cl. The third-order valence-corrected chi connectivity index (χ3v) is 4.41. The fourth-order valence-corrected chi connectivity index (χ4v) is 2.47. The molecule has 0 nitrogen and oxygen atoms in total. The van der Waals surface area contributed by atoms with Crippen molar-refractivity contribution in [2.45, 2.75) is 13.3 Å². The Kier molecular flexibility index (Phi) is 5.24. The van der Waals surface area contributed by atoms with Gasteiger partial charge < -0.3 is 0 Å². The second-order valence-electron chi connectivity index (χ2n) is 3.99. The van der Waals surface area contributed by atoms with E-state index in [0.29, 0.717) is 11.8 Å². The minimum Gasteiger partial charge on any atom is -0.126 e. The normalized spacial score (nSPS) is 11.8. The second kappa shape index (κ2) is 5.77. The van der Waals surface area contributed by atoms with Crippen LogP contribution < -0.4 is 0 Å². The van der Waals surface area contributed by atoms with E-state index in [1.54, 1.807) is 0 Å². The summed E-state index contributed by atoms with van der Waals surface area (Å²) in [6, 6.07) is 5.87. The van der Waals surface area contributed by atoms with Crippen LogP contribution in [0, 0.1) is 5.41 Å². The van der Waals surface area contributed by atoms with Crippen molar-refractivity contribution in [3.05, 3.63) is 33.3 Å². The van der Waals surface area contributed by atoms with E-state index in [4.69, 9.17) is 34.8 Å². The van der Waals surface area contributed by atoms with Crippen molar-refractivity contribution in [3.8, 4) is 0 Å². The minimum atomic E-state index is -0.0966. The lowest BCUT2D eigenvalue weighted by Crippen LogP contribution is -2.23. The highest BCUT2D eigenvalue weighted by Crippen LogP contribution is 2.30. The van der Waals surface area contributed by atoms with E-state index < -0.39 is 0 Å². The Morgan fingerprint density at radius 1 is 1.27 bits per heavy atom. The van der Waals surface area contributed by atoms with Crippen LogP contribution in [0.15, 0.2) is 22.7 Å². The molecule has 0 amide bonds. The highest BCUT2D eigenvalue weighted by atomic mass is 79.9. The number of halogens is 4. The molecule has 0 atom stereocenters. The Labute approximate surface area is 114 Å². The maximum atomic E-state index is 6.13. The first kappa shape index (κ1) is 13.6. The first-order valence-electron chi connectivity index (χ1n) is 4.56. The van der Waals surface area contributed by atoms with Gasteiger partial charge in [0.25, 0.3) is 0 Å². The Balaban J connectivity index is 2.89. The lowest BCUT2D eigenvalue weighted by atomic mass is 9.87. The third-order valence-electron chi connectivity index (χ3n) is 2.28. The summed E-state index contributed by atoms with van der Waals surface area (Å²) >= 11 is 21.3. The van der Waals surface area contributed by atoms with E-state index in [9.17, 15) is 0 Å². The largest absolute Gasteiger partial charge is 0.126 e. The first-order chi connectivity index (χ1) is 7.00. The monoisotopic (exact) mass is 328 g/mol. The number of benzene rings is 1. The van der Waals surface area contributed by atoms with Crippen LogP contribution in [0.25, 0.3) is 0 Å². The van der Waals surface area contributed by atoms with E-state index in [-0.39, 0.29) is 5.41 Å². The van der Waals surface area contributed by atoms with E-state index in [0.717, 1.165) is 21.5 Å². The molecule has 1 aromatic carbocycles. The predicted octanol–water partition coefficient (Wildman–Crippen LogP) is 5.13. The molecule has 0 aliphatic heterocycles. The molecule has 0 radical (unpaired) electrons. The Morgan fingerprint density at radius 2 is 1.87 bits per heavy atom. The lowest BCUT2D eigenvalue weighted by Gasteiger charge is -2.24. The van der Waals surface area contributed by atoms with Crippen LogP contribution in [-0.4, -0.2) is 11.8 Å². The molecule has 84 valence electrons. The molecule has 0 fully saturated rings. The van der Waals surface area contributed by atoms with Crippen molar-refractivity contribution in [2.24, 2.45) is 5.41 Å². The topological polar surface area (TPSA) is 0 Å². The van der Waals surface area contributed by atoms with Gasteiger partial charge in [-0.25, -0.2) is 0 Å². The zero-order chi connectivity index (χ0) is 11.5. The van der Waals surface area contributed by atoms with Gasteiger partial charge >= 0.3 is 0 Å². The summed E-state index contributed by atoms with van der Waals surface area (Å²) in [7, 11) is 0. The summed E-state index contributed by atoms with van der Waals surface area (Å²) in [6.07, 6.45) is 0.798. The minimum absolute atomic E-state index is 0.0966. The van der Waals surface area contributed by atoms with Gasteiger partial charge in [0.15, 0.2) is 0 Å². The predicted molar refractivity (Wildman–Crippen MR) is 72.4 cm³/mol. The van der Waals surface area contributed by atoms with Gasteiger partial charge in [-0.2, -0.15) is 0 Å². The molecule has 15 heavy (non-hydrogen) atoms. The molecule has 1 aromatic rings. The summed E-state index contributed by atoms with van der Waals surface area (Å²) in [5.74, 6) is 1.06. The molecule has 0 aromatic heterocycles. The van der Waals surface area contributed by atoms with Crippen LogP contribution in [0.3, 0.4) is 0 Å². The third kappa shape index (κ3) is 3.81.